The monoisotopic (exact) mass is 257 g/mol. The van der Waals surface area contributed by atoms with Crippen LogP contribution in [0.4, 0.5) is 0 Å². The number of carbonyl (C=O) groups excluding carboxylic acids is 2. The van der Waals surface area contributed by atoms with Gasteiger partial charge in [-0.05, 0) is 55.7 Å². The second-order valence-electron chi connectivity index (χ2n) is 5.52. The molecule has 0 N–H and O–H groups in total. The number of amides is 1. The number of hydrogen-bond acceptors (Lipinski definition) is 2. The van der Waals surface area contributed by atoms with Crippen molar-refractivity contribution < 1.29 is 9.59 Å². The van der Waals surface area contributed by atoms with Crippen LogP contribution in [0.1, 0.15) is 47.2 Å². The van der Waals surface area contributed by atoms with Crippen molar-refractivity contribution in [3.8, 4) is 0 Å². The number of hydrogen-bond donors (Lipinski definition) is 0. The Morgan fingerprint density at radius 3 is 2.42 bits per heavy atom. The number of piperidine rings is 1. The van der Waals surface area contributed by atoms with Crippen LogP contribution in [-0.4, -0.2) is 29.7 Å². The van der Waals surface area contributed by atoms with E-state index in [2.05, 4.69) is 0 Å². The van der Waals surface area contributed by atoms with Crippen molar-refractivity contribution in [1.29, 1.82) is 0 Å². The van der Waals surface area contributed by atoms with Crippen molar-refractivity contribution in [3.05, 3.63) is 34.9 Å². The van der Waals surface area contributed by atoms with Gasteiger partial charge in [-0.3, -0.25) is 9.59 Å². The SMILES string of the molecule is O=C(C(=O)N1CCCCC1)c1ccc2c(c1)CCC2. The van der Waals surface area contributed by atoms with E-state index in [1.807, 2.05) is 18.2 Å². The first-order chi connectivity index (χ1) is 9.25. The van der Waals surface area contributed by atoms with E-state index in [1.54, 1.807) is 4.90 Å². The highest BCUT2D eigenvalue weighted by atomic mass is 16.2. The Hall–Kier alpha value is -1.64. The van der Waals surface area contributed by atoms with E-state index in [4.69, 9.17) is 0 Å². The van der Waals surface area contributed by atoms with Gasteiger partial charge in [-0.25, -0.2) is 0 Å². The van der Waals surface area contributed by atoms with Crippen LogP contribution in [0.5, 0.6) is 0 Å². The van der Waals surface area contributed by atoms with Gasteiger partial charge >= 0.3 is 0 Å². The summed E-state index contributed by atoms with van der Waals surface area (Å²) < 4.78 is 0. The van der Waals surface area contributed by atoms with E-state index in [-0.39, 0.29) is 11.7 Å². The van der Waals surface area contributed by atoms with Crippen LogP contribution >= 0.6 is 0 Å². The standard InChI is InChI=1S/C16H19NO2/c18-15(16(19)17-9-2-1-3-10-17)14-8-7-12-5-4-6-13(12)11-14/h7-8,11H,1-6,9-10H2. The maximum atomic E-state index is 12.3. The maximum absolute atomic E-state index is 12.3. The number of benzene rings is 1. The summed E-state index contributed by atoms with van der Waals surface area (Å²) in [5.41, 5.74) is 3.15. The Bertz CT molecular complexity index is 515. The fraction of sp³-hybridized carbons (Fsp3) is 0.500. The molecule has 1 aliphatic carbocycles. The van der Waals surface area contributed by atoms with Gasteiger partial charge in [0.1, 0.15) is 0 Å². The number of likely N-dealkylation sites (tertiary alicyclic amines) is 1. The number of Topliss-reactive ketones (excluding diaryl/α,β-unsaturated/α-hetero) is 1. The van der Waals surface area contributed by atoms with Crippen molar-refractivity contribution in [3.63, 3.8) is 0 Å². The van der Waals surface area contributed by atoms with Gasteiger partial charge < -0.3 is 4.90 Å². The number of rotatable bonds is 2. The average Bonchev–Trinajstić information content (AvgIpc) is 2.94. The summed E-state index contributed by atoms with van der Waals surface area (Å²) in [6.45, 7) is 1.46. The van der Waals surface area contributed by atoms with Gasteiger partial charge in [-0.2, -0.15) is 0 Å². The van der Waals surface area contributed by atoms with Crippen molar-refractivity contribution >= 4 is 11.7 Å². The molecular weight excluding hydrogens is 238 g/mol. The minimum Gasteiger partial charge on any atom is -0.336 e. The van der Waals surface area contributed by atoms with Crippen LogP contribution in [0.3, 0.4) is 0 Å². The first kappa shape index (κ1) is 12.4. The first-order valence-corrected chi connectivity index (χ1v) is 7.21. The summed E-state index contributed by atoms with van der Waals surface area (Å²) in [5, 5.41) is 0. The van der Waals surface area contributed by atoms with Crippen LogP contribution in [0, 0.1) is 0 Å². The Labute approximate surface area is 113 Å². The highest BCUT2D eigenvalue weighted by Gasteiger charge is 2.25. The number of ketones is 1. The molecule has 1 saturated heterocycles. The Kier molecular flexibility index (Phi) is 3.36. The van der Waals surface area contributed by atoms with Crippen molar-refractivity contribution in [2.24, 2.45) is 0 Å². The Morgan fingerprint density at radius 1 is 0.895 bits per heavy atom. The molecule has 0 atom stereocenters. The summed E-state index contributed by atoms with van der Waals surface area (Å²) in [4.78, 5) is 26.1. The van der Waals surface area contributed by atoms with Crippen LogP contribution in [0.2, 0.25) is 0 Å². The second-order valence-corrected chi connectivity index (χ2v) is 5.52. The molecule has 0 unspecified atom stereocenters. The molecule has 0 saturated carbocycles. The van der Waals surface area contributed by atoms with Crippen molar-refractivity contribution in [1.82, 2.24) is 4.90 Å². The predicted molar refractivity (Wildman–Crippen MR) is 73.2 cm³/mol. The smallest absolute Gasteiger partial charge is 0.294 e. The topological polar surface area (TPSA) is 37.4 Å². The lowest BCUT2D eigenvalue weighted by molar-refractivity contribution is -0.127. The van der Waals surface area contributed by atoms with E-state index in [9.17, 15) is 9.59 Å². The molecule has 1 aromatic rings. The van der Waals surface area contributed by atoms with Crippen LogP contribution in [0.25, 0.3) is 0 Å². The molecular formula is C16H19NO2. The van der Waals surface area contributed by atoms with E-state index >= 15 is 0 Å². The predicted octanol–water partition coefficient (Wildman–Crippen LogP) is 2.37. The Balaban J connectivity index is 1.77. The summed E-state index contributed by atoms with van der Waals surface area (Å²) in [6, 6.07) is 5.75. The molecule has 1 aromatic carbocycles. The fourth-order valence-corrected chi connectivity index (χ4v) is 3.08. The minimum atomic E-state index is -0.336. The Morgan fingerprint density at radius 2 is 1.63 bits per heavy atom. The summed E-state index contributed by atoms with van der Waals surface area (Å²) in [6.07, 6.45) is 6.49. The van der Waals surface area contributed by atoms with Crippen LogP contribution < -0.4 is 0 Å². The van der Waals surface area contributed by atoms with Gasteiger partial charge in [0.25, 0.3) is 5.91 Å². The molecule has 1 heterocycles. The largest absolute Gasteiger partial charge is 0.336 e. The summed E-state index contributed by atoms with van der Waals surface area (Å²) >= 11 is 0. The molecule has 0 bridgehead atoms. The second kappa shape index (κ2) is 5.16. The zero-order valence-electron chi connectivity index (χ0n) is 11.2. The molecule has 0 aromatic heterocycles. The molecule has 0 radical (unpaired) electrons. The van der Waals surface area contributed by atoms with Crippen LogP contribution in [0.15, 0.2) is 18.2 Å². The van der Waals surface area contributed by atoms with E-state index in [0.29, 0.717) is 5.56 Å². The highest BCUT2D eigenvalue weighted by molar-refractivity contribution is 6.42. The lowest BCUT2D eigenvalue weighted by Crippen LogP contribution is -2.40. The van der Waals surface area contributed by atoms with Crippen molar-refractivity contribution in [2.45, 2.75) is 38.5 Å². The molecule has 100 valence electrons. The molecule has 3 nitrogen and oxygen atoms in total. The van der Waals surface area contributed by atoms with E-state index in [0.717, 1.165) is 51.6 Å². The number of nitrogens with zero attached hydrogens (tertiary/aromatic N) is 1. The normalized spacial score (nSPS) is 18.2. The fourth-order valence-electron chi connectivity index (χ4n) is 3.08. The lowest BCUT2D eigenvalue weighted by atomic mass is 10.0. The molecule has 2 aliphatic rings. The first-order valence-electron chi connectivity index (χ1n) is 7.21. The molecule has 0 spiro atoms. The lowest BCUT2D eigenvalue weighted by Gasteiger charge is -2.25. The van der Waals surface area contributed by atoms with Gasteiger partial charge in [-0.15, -0.1) is 0 Å². The number of carbonyl (C=O) groups is 2. The van der Waals surface area contributed by atoms with Gasteiger partial charge in [-0.1, -0.05) is 12.1 Å². The zero-order valence-corrected chi connectivity index (χ0v) is 11.2. The quantitative estimate of drug-likeness (QED) is 0.602. The van der Waals surface area contributed by atoms with Crippen molar-refractivity contribution in [2.75, 3.05) is 13.1 Å². The average molecular weight is 257 g/mol. The third-order valence-corrected chi connectivity index (χ3v) is 4.20. The van der Waals surface area contributed by atoms with Gasteiger partial charge in [0, 0.05) is 18.7 Å². The van der Waals surface area contributed by atoms with Gasteiger partial charge in [0.05, 0.1) is 0 Å². The zero-order chi connectivity index (χ0) is 13.2. The summed E-state index contributed by atoms with van der Waals surface area (Å²) in [7, 11) is 0. The molecule has 1 fully saturated rings. The van der Waals surface area contributed by atoms with Gasteiger partial charge in [0.15, 0.2) is 0 Å². The highest BCUT2D eigenvalue weighted by Crippen LogP contribution is 2.23. The third-order valence-electron chi connectivity index (χ3n) is 4.20. The molecule has 1 amide bonds. The minimum absolute atomic E-state index is 0.322. The van der Waals surface area contributed by atoms with Gasteiger partial charge in [0.2, 0.25) is 5.78 Å². The molecule has 3 rings (SSSR count). The molecule has 19 heavy (non-hydrogen) atoms. The maximum Gasteiger partial charge on any atom is 0.294 e. The summed E-state index contributed by atoms with van der Waals surface area (Å²) in [5.74, 6) is -0.658. The molecule has 3 heteroatoms. The number of fused-ring (bicyclic) bond motifs is 1. The van der Waals surface area contributed by atoms with Crippen LogP contribution in [-0.2, 0) is 17.6 Å². The molecule has 1 aliphatic heterocycles. The number of aryl methyl sites for hydroxylation is 2. The third kappa shape index (κ3) is 2.42. The van der Waals surface area contributed by atoms with E-state index in [1.165, 1.54) is 11.1 Å². The van der Waals surface area contributed by atoms with E-state index < -0.39 is 0 Å².